The maximum atomic E-state index is 10.9. The maximum Gasteiger partial charge on any atom is 0.326 e. The standard InChI is InChI=1S/C11H17NO3/c13-8-12-10(11(14)15)9-6-4-2-1-3-5-7-9/h4,6,8-10H,1-3,5,7H2,(H,12,13)(H,14,15)/b6-4-. The summed E-state index contributed by atoms with van der Waals surface area (Å²) in [7, 11) is 0. The highest BCUT2D eigenvalue weighted by atomic mass is 16.4. The highest BCUT2D eigenvalue weighted by Gasteiger charge is 2.25. The van der Waals surface area contributed by atoms with E-state index in [0.29, 0.717) is 6.41 Å². The van der Waals surface area contributed by atoms with Crippen LogP contribution >= 0.6 is 0 Å². The number of carbonyl (C=O) groups excluding carboxylic acids is 1. The molecule has 1 rings (SSSR count). The van der Waals surface area contributed by atoms with E-state index in [9.17, 15) is 9.59 Å². The summed E-state index contributed by atoms with van der Waals surface area (Å²) < 4.78 is 0. The molecule has 0 aliphatic heterocycles. The average Bonchev–Trinajstić information content (AvgIpc) is 2.14. The van der Waals surface area contributed by atoms with Crippen LogP contribution in [-0.4, -0.2) is 23.5 Å². The summed E-state index contributed by atoms with van der Waals surface area (Å²) in [6.07, 6.45) is 9.57. The largest absolute Gasteiger partial charge is 0.480 e. The highest BCUT2D eigenvalue weighted by molar-refractivity contribution is 5.76. The molecule has 0 aromatic heterocycles. The topological polar surface area (TPSA) is 66.4 Å². The minimum atomic E-state index is -0.961. The van der Waals surface area contributed by atoms with E-state index in [1.54, 1.807) is 0 Å². The van der Waals surface area contributed by atoms with Gasteiger partial charge < -0.3 is 10.4 Å². The molecule has 0 fully saturated rings. The van der Waals surface area contributed by atoms with E-state index in [0.717, 1.165) is 25.7 Å². The molecule has 0 heterocycles. The number of nitrogens with one attached hydrogen (secondary N) is 1. The zero-order valence-corrected chi connectivity index (χ0v) is 8.69. The molecular formula is C11H17NO3. The van der Waals surface area contributed by atoms with Gasteiger partial charge in [0.1, 0.15) is 6.04 Å². The number of carbonyl (C=O) groups is 2. The monoisotopic (exact) mass is 211 g/mol. The Kier molecular flexibility index (Phi) is 4.87. The van der Waals surface area contributed by atoms with Crippen LogP contribution in [-0.2, 0) is 9.59 Å². The van der Waals surface area contributed by atoms with Crippen LogP contribution in [0.15, 0.2) is 12.2 Å². The van der Waals surface area contributed by atoms with Crippen LogP contribution < -0.4 is 5.32 Å². The van der Waals surface area contributed by atoms with Gasteiger partial charge >= 0.3 is 5.97 Å². The van der Waals surface area contributed by atoms with Crippen LogP contribution in [0.4, 0.5) is 0 Å². The lowest BCUT2D eigenvalue weighted by molar-refractivity contribution is -0.141. The van der Waals surface area contributed by atoms with Crippen molar-refractivity contribution < 1.29 is 14.7 Å². The molecule has 4 heteroatoms. The number of hydrogen-bond acceptors (Lipinski definition) is 2. The number of allylic oxidation sites excluding steroid dienone is 1. The summed E-state index contributed by atoms with van der Waals surface area (Å²) in [5.74, 6) is -1.04. The first-order chi connectivity index (χ1) is 7.25. The van der Waals surface area contributed by atoms with E-state index in [4.69, 9.17) is 5.11 Å². The number of amides is 1. The van der Waals surface area contributed by atoms with E-state index in [1.807, 2.05) is 12.2 Å². The predicted octanol–water partition coefficient (Wildman–Crippen LogP) is 1.32. The van der Waals surface area contributed by atoms with Crippen LogP contribution in [0.2, 0.25) is 0 Å². The van der Waals surface area contributed by atoms with Gasteiger partial charge in [-0.05, 0) is 19.3 Å². The van der Waals surface area contributed by atoms with Crippen molar-refractivity contribution in [3.63, 3.8) is 0 Å². The first-order valence-electron chi connectivity index (χ1n) is 5.35. The maximum absolute atomic E-state index is 10.9. The van der Waals surface area contributed by atoms with Gasteiger partial charge in [-0.2, -0.15) is 0 Å². The van der Waals surface area contributed by atoms with Crippen molar-refractivity contribution in [3.05, 3.63) is 12.2 Å². The molecule has 1 aliphatic rings. The molecule has 2 N–H and O–H groups in total. The van der Waals surface area contributed by atoms with Crippen molar-refractivity contribution in [1.29, 1.82) is 0 Å². The van der Waals surface area contributed by atoms with E-state index in [2.05, 4.69) is 5.32 Å². The normalized spacial score (nSPS) is 25.7. The van der Waals surface area contributed by atoms with Gasteiger partial charge in [-0.15, -0.1) is 0 Å². The number of aliphatic carboxylic acids is 1. The van der Waals surface area contributed by atoms with Crippen molar-refractivity contribution in [3.8, 4) is 0 Å². The summed E-state index contributed by atoms with van der Waals surface area (Å²) in [6.45, 7) is 0. The van der Waals surface area contributed by atoms with Crippen molar-refractivity contribution >= 4 is 12.4 Å². The van der Waals surface area contributed by atoms with Crippen LogP contribution in [0.5, 0.6) is 0 Å². The zero-order valence-electron chi connectivity index (χ0n) is 8.69. The third kappa shape index (κ3) is 3.73. The third-order valence-electron chi connectivity index (χ3n) is 2.73. The van der Waals surface area contributed by atoms with Crippen LogP contribution in [0, 0.1) is 5.92 Å². The van der Waals surface area contributed by atoms with Crippen molar-refractivity contribution in [2.75, 3.05) is 0 Å². The molecule has 1 aliphatic carbocycles. The van der Waals surface area contributed by atoms with Gasteiger partial charge in [0.2, 0.25) is 6.41 Å². The smallest absolute Gasteiger partial charge is 0.326 e. The van der Waals surface area contributed by atoms with Crippen molar-refractivity contribution in [1.82, 2.24) is 5.32 Å². The Morgan fingerprint density at radius 1 is 1.47 bits per heavy atom. The van der Waals surface area contributed by atoms with Gasteiger partial charge in [-0.25, -0.2) is 4.79 Å². The third-order valence-corrected chi connectivity index (χ3v) is 2.73. The first kappa shape index (κ1) is 11.8. The van der Waals surface area contributed by atoms with Gasteiger partial charge in [0.05, 0.1) is 0 Å². The predicted molar refractivity (Wildman–Crippen MR) is 56.3 cm³/mol. The molecule has 0 spiro atoms. The Bertz CT molecular complexity index is 250. The lowest BCUT2D eigenvalue weighted by atomic mass is 9.90. The van der Waals surface area contributed by atoms with Gasteiger partial charge in [-0.3, -0.25) is 4.79 Å². The molecule has 0 radical (unpaired) electrons. The molecular weight excluding hydrogens is 194 g/mol. The Morgan fingerprint density at radius 3 is 2.93 bits per heavy atom. The number of carboxylic acids is 1. The van der Waals surface area contributed by atoms with Gasteiger partial charge in [0.25, 0.3) is 0 Å². The summed E-state index contributed by atoms with van der Waals surface area (Å²) in [5, 5.41) is 11.3. The second kappa shape index (κ2) is 6.22. The molecule has 15 heavy (non-hydrogen) atoms. The molecule has 0 aromatic rings. The lowest BCUT2D eigenvalue weighted by Crippen LogP contribution is -2.41. The van der Waals surface area contributed by atoms with E-state index in [1.165, 1.54) is 6.42 Å². The summed E-state index contributed by atoms with van der Waals surface area (Å²) in [4.78, 5) is 21.2. The lowest BCUT2D eigenvalue weighted by Gasteiger charge is -2.21. The Morgan fingerprint density at radius 2 is 2.27 bits per heavy atom. The minimum absolute atomic E-state index is 0.0759. The Hall–Kier alpha value is -1.32. The zero-order chi connectivity index (χ0) is 11.1. The fourth-order valence-electron chi connectivity index (χ4n) is 1.92. The quantitative estimate of drug-likeness (QED) is 0.544. The van der Waals surface area contributed by atoms with Crippen LogP contribution in [0.25, 0.3) is 0 Å². The van der Waals surface area contributed by atoms with Crippen molar-refractivity contribution in [2.24, 2.45) is 5.92 Å². The Labute approximate surface area is 89.4 Å². The van der Waals surface area contributed by atoms with E-state index >= 15 is 0 Å². The number of rotatable bonds is 4. The highest BCUT2D eigenvalue weighted by Crippen LogP contribution is 2.20. The molecule has 0 saturated carbocycles. The molecule has 0 saturated heterocycles. The number of hydrogen-bond donors (Lipinski definition) is 2. The molecule has 0 aromatic carbocycles. The van der Waals surface area contributed by atoms with E-state index < -0.39 is 12.0 Å². The second-order valence-corrected chi connectivity index (χ2v) is 3.83. The first-order valence-corrected chi connectivity index (χ1v) is 5.35. The van der Waals surface area contributed by atoms with Crippen molar-refractivity contribution in [2.45, 2.75) is 38.1 Å². The minimum Gasteiger partial charge on any atom is -0.480 e. The van der Waals surface area contributed by atoms with Crippen LogP contribution in [0.3, 0.4) is 0 Å². The fourth-order valence-corrected chi connectivity index (χ4v) is 1.92. The van der Waals surface area contributed by atoms with Crippen LogP contribution in [0.1, 0.15) is 32.1 Å². The summed E-state index contributed by atoms with van der Waals surface area (Å²) in [6, 6.07) is -0.781. The summed E-state index contributed by atoms with van der Waals surface area (Å²) in [5.41, 5.74) is 0. The molecule has 84 valence electrons. The molecule has 4 nitrogen and oxygen atoms in total. The molecule has 2 unspecified atom stereocenters. The fraction of sp³-hybridized carbons (Fsp3) is 0.636. The number of carboxylic acid groups (broad SMARTS) is 1. The van der Waals surface area contributed by atoms with Gasteiger partial charge in [0, 0.05) is 5.92 Å². The molecule has 0 bridgehead atoms. The molecule has 2 atom stereocenters. The average molecular weight is 211 g/mol. The summed E-state index contributed by atoms with van der Waals surface area (Å²) >= 11 is 0. The molecule has 1 amide bonds. The van der Waals surface area contributed by atoms with Gasteiger partial charge in [-0.1, -0.05) is 25.0 Å². The van der Waals surface area contributed by atoms with E-state index in [-0.39, 0.29) is 5.92 Å². The Balaban J connectivity index is 2.66. The second-order valence-electron chi connectivity index (χ2n) is 3.83. The SMILES string of the molecule is O=CNC(C(=O)O)C1/C=C\CCCCC1. The van der Waals surface area contributed by atoms with Gasteiger partial charge in [0.15, 0.2) is 0 Å².